The van der Waals surface area contributed by atoms with E-state index in [-0.39, 0.29) is 23.4 Å². The molecular formula is C19H21ClN2O3S. The number of sulfonamides is 1. The lowest BCUT2D eigenvalue weighted by Gasteiger charge is -2.27. The highest BCUT2D eigenvalue weighted by molar-refractivity contribution is 7.89. The van der Waals surface area contributed by atoms with Gasteiger partial charge in [0.2, 0.25) is 15.9 Å². The van der Waals surface area contributed by atoms with Crippen molar-refractivity contribution in [3.05, 3.63) is 64.7 Å². The molecule has 2 aromatic carbocycles. The van der Waals surface area contributed by atoms with Gasteiger partial charge in [0, 0.05) is 12.1 Å². The summed E-state index contributed by atoms with van der Waals surface area (Å²) in [6.45, 7) is -0.233. The summed E-state index contributed by atoms with van der Waals surface area (Å²) in [6.07, 6.45) is 2.87. The quantitative estimate of drug-likeness (QED) is 0.849. The van der Waals surface area contributed by atoms with Gasteiger partial charge in [0.05, 0.1) is 17.5 Å². The minimum atomic E-state index is -3.74. The number of halogens is 1. The molecule has 0 heterocycles. The van der Waals surface area contributed by atoms with Crippen LogP contribution in [0.5, 0.6) is 0 Å². The Labute approximate surface area is 159 Å². The number of nitrogens with one attached hydrogen (secondary N) is 1. The molecule has 1 aliphatic carbocycles. The highest BCUT2D eigenvalue weighted by atomic mass is 35.5. The number of carbonyl (C=O) groups is 1. The standard InChI is InChI=1S/C19H21ClN2O3S/c1-22(26(24,25)16-11-9-15(20)10-12-16)13-19(23)21-18-8-4-6-14-5-2-3-7-17(14)18/h2-3,5,7,9-12,18H,4,6,8,13H2,1H3,(H,21,23)/t18-/m0/s1. The summed E-state index contributed by atoms with van der Waals surface area (Å²) in [5, 5.41) is 3.43. The van der Waals surface area contributed by atoms with Crippen molar-refractivity contribution in [1.82, 2.24) is 9.62 Å². The molecule has 0 spiro atoms. The van der Waals surface area contributed by atoms with Crippen molar-refractivity contribution in [2.24, 2.45) is 0 Å². The molecule has 0 aliphatic heterocycles. The maximum atomic E-state index is 12.6. The molecule has 0 saturated heterocycles. The van der Waals surface area contributed by atoms with Crippen molar-refractivity contribution >= 4 is 27.5 Å². The molecule has 0 saturated carbocycles. The topological polar surface area (TPSA) is 66.5 Å². The van der Waals surface area contributed by atoms with Gasteiger partial charge in [0.15, 0.2) is 0 Å². The Morgan fingerprint density at radius 2 is 1.88 bits per heavy atom. The average Bonchev–Trinajstić information content (AvgIpc) is 2.62. The molecule has 0 unspecified atom stereocenters. The van der Waals surface area contributed by atoms with Crippen molar-refractivity contribution in [3.8, 4) is 0 Å². The normalized spacial score (nSPS) is 17.0. The van der Waals surface area contributed by atoms with Crippen LogP contribution in [0.1, 0.15) is 30.0 Å². The van der Waals surface area contributed by atoms with Gasteiger partial charge in [-0.05, 0) is 54.7 Å². The number of hydrogen-bond donors (Lipinski definition) is 1. The maximum Gasteiger partial charge on any atom is 0.243 e. The summed E-state index contributed by atoms with van der Waals surface area (Å²) >= 11 is 5.80. The Bertz CT molecular complexity index is 897. The summed E-state index contributed by atoms with van der Waals surface area (Å²) in [7, 11) is -2.34. The third-order valence-corrected chi connectivity index (χ3v) is 6.66. The second kappa shape index (κ2) is 7.78. The lowest BCUT2D eigenvalue weighted by molar-refractivity contribution is -0.122. The van der Waals surface area contributed by atoms with Crippen molar-refractivity contribution in [2.45, 2.75) is 30.2 Å². The molecule has 0 radical (unpaired) electrons. The number of amides is 1. The lowest BCUT2D eigenvalue weighted by Crippen LogP contribution is -2.40. The van der Waals surface area contributed by atoms with Crippen LogP contribution in [0.4, 0.5) is 0 Å². The largest absolute Gasteiger partial charge is 0.348 e. The first-order valence-corrected chi connectivity index (χ1v) is 10.3. The van der Waals surface area contributed by atoms with Crippen LogP contribution in [0.15, 0.2) is 53.4 Å². The SMILES string of the molecule is CN(CC(=O)N[C@H]1CCCc2ccccc21)S(=O)(=O)c1ccc(Cl)cc1. The zero-order valence-electron chi connectivity index (χ0n) is 14.5. The molecule has 1 aliphatic rings. The van der Waals surface area contributed by atoms with Gasteiger partial charge in [0.1, 0.15) is 0 Å². The van der Waals surface area contributed by atoms with Crippen molar-refractivity contribution in [1.29, 1.82) is 0 Å². The van der Waals surface area contributed by atoms with Crippen LogP contribution < -0.4 is 5.32 Å². The first-order valence-electron chi connectivity index (χ1n) is 8.47. The predicted molar refractivity (Wildman–Crippen MR) is 102 cm³/mol. The number of benzene rings is 2. The van der Waals surface area contributed by atoms with Gasteiger partial charge in [-0.15, -0.1) is 0 Å². The number of carbonyl (C=O) groups excluding carboxylic acids is 1. The van der Waals surface area contributed by atoms with E-state index < -0.39 is 10.0 Å². The van der Waals surface area contributed by atoms with Crippen molar-refractivity contribution in [2.75, 3.05) is 13.6 Å². The molecule has 1 N–H and O–H groups in total. The van der Waals surface area contributed by atoms with Crippen molar-refractivity contribution < 1.29 is 13.2 Å². The highest BCUT2D eigenvalue weighted by Crippen LogP contribution is 2.29. The first kappa shape index (κ1) is 18.9. The van der Waals surface area contributed by atoms with Crippen LogP contribution >= 0.6 is 11.6 Å². The summed E-state index contributed by atoms with van der Waals surface area (Å²) in [5.41, 5.74) is 2.36. The van der Waals surface area contributed by atoms with Gasteiger partial charge in [-0.1, -0.05) is 35.9 Å². The fraction of sp³-hybridized carbons (Fsp3) is 0.316. The molecule has 0 bridgehead atoms. The van der Waals surface area contributed by atoms with Gasteiger partial charge in [0.25, 0.3) is 0 Å². The van der Waals surface area contributed by atoms with Crippen LogP contribution in [0.25, 0.3) is 0 Å². The van der Waals surface area contributed by atoms with E-state index in [1.54, 1.807) is 0 Å². The Kier molecular flexibility index (Phi) is 5.65. The average molecular weight is 393 g/mol. The molecule has 1 atom stereocenters. The zero-order chi connectivity index (χ0) is 18.7. The predicted octanol–water partition coefficient (Wildman–Crippen LogP) is 3.15. The lowest BCUT2D eigenvalue weighted by atomic mass is 9.88. The Hall–Kier alpha value is -1.89. The van der Waals surface area contributed by atoms with E-state index >= 15 is 0 Å². The minimum Gasteiger partial charge on any atom is -0.348 e. The second-order valence-electron chi connectivity index (χ2n) is 6.43. The van der Waals surface area contributed by atoms with Crippen molar-refractivity contribution in [3.63, 3.8) is 0 Å². The first-order chi connectivity index (χ1) is 12.4. The van der Waals surface area contributed by atoms with E-state index in [0.29, 0.717) is 5.02 Å². The molecular weight excluding hydrogens is 372 g/mol. The molecule has 0 fully saturated rings. The third-order valence-electron chi connectivity index (χ3n) is 4.59. The molecule has 26 heavy (non-hydrogen) atoms. The number of nitrogens with zero attached hydrogens (tertiary/aromatic N) is 1. The number of fused-ring (bicyclic) bond motifs is 1. The van der Waals surface area contributed by atoms with E-state index in [1.807, 2.05) is 18.2 Å². The van der Waals surface area contributed by atoms with Crippen LogP contribution in [0, 0.1) is 0 Å². The van der Waals surface area contributed by atoms with E-state index in [2.05, 4.69) is 11.4 Å². The van der Waals surface area contributed by atoms with Gasteiger partial charge < -0.3 is 5.32 Å². The smallest absolute Gasteiger partial charge is 0.243 e. The second-order valence-corrected chi connectivity index (χ2v) is 8.91. The van der Waals surface area contributed by atoms with E-state index in [0.717, 1.165) is 29.1 Å². The van der Waals surface area contributed by atoms with Gasteiger partial charge in [-0.2, -0.15) is 4.31 Å². The Balaban J connectivity index is 1.67. The van der Waals surface area contributed by atoms with E-state index in [1.165, 1.54) is 36.9 Å². The van der Waals surface area contributed by atoms with Crippen LogP contribution in [-0.2, 0) is 21.2 Å². The van der Waals surface area contributed by atoms with Crippen LogP contribution in [-0.4, -0.2) is 32.2 Å². The molecule has 5 nitrogen and oxygen atoms in total. The molecule has 0 aromatic heterocycles. The number of likely N-dealkylation sites (N-methyl/N-ethyl adjacent to an activating group) is 1. The van der Waals surface area contributed by atoms with E-state index in [4.69, 9.17) is 11.6 Å². The third kappa shape index (κ3) is 4.09. The van der Waals surface area contributed by atoms with Gasteiger partial charge >= 0.3 is 0 Å². The Morgan fingerprint density at radius 3 is 2.62 bits per heavy atom. The molecule has 1 amide bonds. The summed E-state index contributed by atoms with van der Waals surface area (Å²) in [5.74, 6) is -0.313. The van der Waals surface area contributed by atoms with Crippen LogP contribution in [0.2, 0.25) is 5.02 Å². The fourth-order valence-corrected chi connectivity index (χ4v) is 4.47. The fourth-order valence-electron chi connectivity index (χ4n) is 3.22. The highest BCUT2D eigenvalue weighted by Gasteiger charge is 2.26. The number of aryl methyl sites for hydroxylation is 1. The monoisotopic (exact) mass is 392 g/mol. The summed E-state index contributed by atoms with van der Waals surface area (Å²) < 4.78 is 26.2. The summed E-state index contributed by atoms with van der Waals surface area (Å²) in [4.78, 5) is 12.5. The molecule has 3 rings (SSSR count). The minimum absolute atomic E-state index is 0.0703. The van der Waals surface area contributed by atoms with Crippen LogP contribution in [0.3, 0.4) is 0 Å². The summed E-state index contributed by atoms with van der Waals surface area (Å²) in [6, 6.07) is 13.9. The molecule has 7 heteroatoms. The Morgan fingerprint density at radius 1 is 1.19 bits per heavy atom. The molecule has 138 valence electrons. The van der Waals surface area contributed by atoms with Gasteiger partial charge in [-0.25, -0.2) is 8.42 Å². The number of hydrogen-bond acceptors (Lipinski definition) is 3. The van der Waals surface area contributed by atoms with E-state index in [9.17, 15) is 13.2 Å². The van der Waals surface area contributed by atoms with Gasteiger partial charge in [-0.3, -0.25) is 4.79 Å². The zero-order valence-corrected chi connectivity index (χ0v) is 16.1. The number of rotatable bonds is 5. The maximum absolute atomic E-state index is 12.6. The molecule has 2 aromatic rings.